The van der Waals surface area contributed by atoms with Gasteiger partial charge in [-0.15, -0.1) is 11.3 Å². The molecule has 1 aliphatic heterocycles. The summed E-state index contributed by atoms with van der Waals surface area (Å²) in [6.07, 6.45) is 1.58. The molecule has 0 N–H and O–H groups in total. The topological polar surface area (TPSA) is 52.6 Å². The Morgan fingerprint density at radius 3 is 2.52 bits per heavy atom. The maximum Gasteiger partial charge on any atom is 0.264 e. The van der Waals surface area contributed by atoms with Crippen molar-refractivity contribution in [2.75, 3.05) is 45.2 Å². The number of nitrogens with zero attached hydrogens (tertiary/aromatic N) is 5. The number of thiophene rings is 1. The average Bonchev–Trinajstić information content (AvgIpc) is 3.05. The van der Waals surface area contributed by atoms with Crippen LogP contribution in [0.1, 0.15) is 15.2 Å². The summed E-state index contributed by atoms with van der Waals surface area (Å²) in [4.78, 5) is 30.0. The highest BCUT2D eigenvalue weighted by molar-refractivity contribution is 7.20. The van der Waals surface area contributed by atoms with E-state index >= 15 is 0 Å². The van der Waals surface area contributed by atoms with Gasteiger partial charge in [0, 0.05) is 38.9 Å². The van der Waals surface area contributed by atoms with E-state index in [4.69, 9.17) is 0 Å². The fourth-order valence-corrected chi connectivity index (χ4v) is 4.55. The van der Waals surface area contributed by atoms with E-state index in [-0.39, 0.29) is 5.91 Å². The van der Waals surface area contributed by atoms with Gasteiger partial charge in [0.05, 0.1) is 10.3 Å². The van der Waals surface area contributed by atoms with Crippen molar-refractivity contribution in [2.24, 2.45) is 0 Å². The third kappa shape index (κ3) is 3.28. The highest BCUT2D eigenvalue weighted by Crippen LogP contribution is 2.37. The lowest BCUT2D eigenvalue weighted by atomic mass is 10.1. The zero-order valence-corrected chi connectivity index (χ0v) is 16.7. The number of aryl methyl sites for hydroxylation is 1. The lowest BCUT2D eigenvalue weighted by Gasteiger charge is -2.32. The van der Waals surface area contributed by atoms with E-state index in [1.807, 2.05) is 54.1 Å². The normalized spacial score (nSPS) is 15.3. The van der Waals surface area contributed by atoms with Crippen LogP contribution in [0, 0.1) is 6.92 Å². The first kappa shape index (κ1) is 17.9. The molecule has 6 nitrogen and oxygen atoms in total. The monoisotopic (exact) mass is 381 g/mol. The summed E-state index contributed by atoms with van der Waals surface area (Å²) < 4.78 is 0. The number of para-hydroxylation sites is 1. The molecule has 0 spiro atoms. The number of anilines is 2. The van der Waals surface area contributed by atoms with Gasteiger partial charge >= 0.3 is 0 Å². The Labute approximate surface area is 163 Å². The third-order valence-corrected chi connectivity index (χ3v) is 6.34. The summed E-state index contributed by atoms with van der Waals surface area (Å²) in [5.41, 5.74) is 2.02. The summed E-state index contributed by atoms with van der Waals surface area (Å²) >= 11 is 1.47. The van der Waals surface area contributed by atoms with Crippen molar-refractivity contribution in [1.82, 2.24) is 19.8 Å². The summed E-state index contributed by atoms with van der Waals surface area (Å²) in [6.45, 7) is 5.37. The van der Waals surface area contributed by atoms with Crippen molar-refractivity contribution in [3.8, 4) is 0 Å². The number of amides is 1. The van der Waals surface area contributed by atoms with E-state index in [2.05, 4.69) is 21.9 Å². The molecular weight excluding hydrogens is 358 g/mol. The molecule has 1 fully saturated rings. The molecule has 1 saturated heterocycles. The van der Waals surface area contributed by atoms with Gasteiger partial charge in [-0.2, -0.15) is 0 Å². The molecular formula is C20H23N5OS. The van der Waals surface area contributed by atoms with Gasteiger partial charge in [0.1, 0.15) is 17.0 Å². The summed E-state index contributed by atoms with van der Waals surface area (Å²) in [7, 11) is 4.09. The van der Waals surface area contributed by atoms with Crippen molar-refractivity contribution >= 4 is 39.0 Å². The minimum absolute atomic E-state index is 0.108. The van der Waals surface area contributed by atoms with Gasteiger partial charge in [-0.3, -0.25) is 4.79 Å². The molecule has 2 aromatic heterocycles. The Balaban J connectivity index is 1.73. The Morgan fingerprint density at radius 2 is 1.81 bits per heavy atom. The van der Waals surface area contributed by atoms with E-state index in [1.165, 1.54) is 11.3 Å². The molecule has 1 aromatic carbocycles. The van der Waals surface area contributed by atoms with Crippen LogP contribution in [0.4, 0.5) is 11.5 Å². The number of hydrogen-bond acceptors (Lipinski definition) is 6. The number of rotatable bonds is 3. The molecule has 0 radical (unpaired) electrons. The molecule has 140 valence electrons. The van der Waals surface area contributed by atoms with Crippen LogP contribution in [-0.4, -0.2) is 65.9 Å². The number of benzene rings is 1. The Kier molecular flexibility index (Phi) is 4.80. The second-order valence-electron chi connectivity index (χ2n) is 6.92. The zero-order chi connectivity index (χ0) is 19.0. The predicted molar refractivity (Wildman–Crippen MR) is 110 cm³/mol. The molecule has 3 heterocycles. The lowest BCUT2D eigenvalue weighted by Crippen LogP contribution is -2.47. The van der Waals surface area contributed by atoms with Crippen LogP contribution in [0.5, 0.6) is 0 Å². The maximum absolute atomic E-state index is 13.1. The predicted octanol–water partition coefficient (Wildman–Crippen LogP) is 3.16. The fourth-order valence-electron chi connectivity index (χ4n) is 3.44. The maximum atomic E-state index is 13.1. The van der Waals surface area contributed by atoms with E-state index in [0.29, 0.717) is 0 Å². The van der Waals surface area contributed by atoms with Crippen LogP contribution in [0.25, 0.3) is 10.2 Å². The highest BCUT2D eigenvalue weighted by atomic mass is 32.1. The standard InChI is InChI=1S/C20H23N5OS/c1-14-16-18(24(3)15-7-5-4-6-8-15)21-13-22-19(16)27-17(14)20(26)25-11-9-23(2)10-12-25/h4-8,13H,9-12H2,1-3H3. The smallest absolute Gasteiger partial charge is 0.264 e. The number of piperazine rings is 1. The van der Waals surface area contributed by atoms with Gasteiger partial charge in [0.15, 0.2) is 0 Å². The van der Waals surface area contributed by atoms with Crippen molar-refractivity contribution in [1.29, 1.82) is 0 Å². The third-order valence-electron chi connectivity index (χ3n) is 5.15. The molecule has 4 rings (SSSR count). The highest BCUT2D eigenvalue weighted by Gasteiger charge is 2.26. The summed E-state index contributed by atoms with van der Waals surface area (Å²) in [6, 6.07) is 10.1. The Hall–Kier alpha value is -2.51. The lowest BCUT2D eigenvalue weighted by molar-refractivity contribution is 0.0668. The molecule has 3 aromatic rings. The largest absolute Gasteiger partial charge is 0.335 e. The minimum atomic E-state index is 0.108. The quantitative estimate of drug-likeness (QED) is 0.698. The SMILES string of the molecule is Cc1c(C(=O)N2CCN(C)CC2)sc2ncnc(N(C)c3ccccc3)c12. The van der Waals surface area contributed by atoms with Gasteiger partial charge in [-0.05, 0) is 31.7 Å². The first-order valence-electron chi connectivity index (χ1n) is 9.07. The Morgan fingerprint density at radius 1 is 1.11 bits per heavy atom. The molecule has 0 saturated carbocycles. The molecule has 0 unspecified atom stereocenters. The van der Waals surface area contributed by atoms with Crippen molar-refractivity contribution in [2.45, 2.75) is 6.92 Å². The number of likely N-dealkylation sites (N-methyl/N-ethyl adjacent to an activating group) is 1. The number of aromatic nitrogens is 2. The fraction of sp³-hybridized carbons (Fsp3) is 0.350. The second-order valence-corrected chi connectivity index (χ2v) is 7.92. The number of hydrogen-bond donors (Lipinski definition) is 0. The van der Waals surface area contributed by atoms with E-state index in [1.54, 1.807) is 6.33 Å². The van der Waals surface area contributed by atoms with E-state index in [9.17, 15) is 4.79 Å². The van der Waals surface area contributed by atoms with Crippen molar-refractivity contribution < 1.29 is 4.79 Å². The molecule has 1 amide bonds. The number of fused-ring (bicyclic) bond motifs is 1. The van der Waals surface area contributed by atoms with Gasteiger partial charge < -0.3 is 14.7 Å². The van der Waals surface area contributed by atoms with Crippen LogP contribution in [-0.2, 0) is 0 Å². The van der Waals surface area contributed by atoms with Crippen LogP contribution in [0.15, 0.2) is 36.7 Å². The Bertz CT molecular complexity index is 963. The molecule has 7 heteroatoms. The average molecular weight is 382 g/mol. The molecule has 27 heavy (non-hydrogen) atoms. The van der Waals surface area contributed by atoms with E-state index < -0.39 is 0 Å². The van der Waals surface area contributed by atoms with Crippen molar-refractivity contribution in [3.63, 3.8) is 0 Å². The van der Waals surface area contributed by atoms with Gasteiger partial charge in [-0.25, -0.2) is 9.97 Å². The van der Waals surface area contributed by atoms with Gasteiger partial charge in [0.25, 0.3) is 5.91 Å². The molecule has 0 bridgehead atoms. The van der Waals surface area contributed by atoms with Crippen LogP contribution in [0.3, 0.4) is 0 Å². The molecule has 1 aliphatic rings. The molecule has 0 atom stereocenters. The van der Waals surface area contributed by atoms with Gasteiger partial charge in [-0.1, -0.05) is 18.2 Å². The van der Waals surface area contributed by atoms with Gasteiger partial charge in [0.2, 0.25) is 0 Å². The summed E-state index contributed by atoms with van der Waals surface area (Å²) in [5.74, 6) is 0.939. The van der Waals surface area contributed by atoms with Crippen LogP contribution < -0.4 is 4.90 Å². The zero-order valence-electron chi connectivity index (χ0n) is 15.8. The molecule has 0 aliphatic carbocycles. The number of carbonyl (C=O) groups is 1. The minimum Gasteiger partial charge on any atom is -0.335 e. The van der Waals surface area contributed by atoms with Crippen LogP contribution >= 0.6 is 11.3 Å². The summed E-state index contributed by atoms with van der Waals surface area (Å²) in [5, 5.41) is 0.964. The van der Waals surface area contributed by atoms with Crippen LogP contribution in [0.2, 0.25) is 0 Å². The second kappa shape index (κ2) is 7.25. The van der Waals surface area contributed by atoms with E-state index in [0.717, 1.165) is 58.3 Å². The number of carbonyl (C=O) groups excluding carboxylic acids is 1. The first-order chi connectivity index (χ1) is 13.1. The first-order valence-corrected chi connectivity index (χ1v) is 9.88. The van der Waals surface area contributed by atoms with Crippen molar-refractivity contribution in [3.05, 3.63) is 47.1 Å².